The number of allylic oxidation sites excluding steroid dienone is 2. The number of fused-ring (bicyclic) bond motifs is 2. The van der Waals surface area contributed by atoms with Crippen molar-refractivity contribution >= 4 is 5.69 Å². The van der Waals surface area contributed by atoms with Gasteiger partial charge < -0.3 is 5.32 Å². The summed E-state index contributed by atoms with van der Waals surface area (Å²) in [5, 5.41) is 3.44. The molecular weight excluding hydrogens is 213 g/mol. The number of aryl methyl sites for hydroxylation is 1. The number of nitrogens with one attached hydrogen (secondary N) is 1. The number of hydrogen-bond acceptors (Lipinski definition) is 1. The van der Waals surface area contributed by atoms with Crippen LogP contribution in [0.25, 0.3) is 0 Å². The molecule has 2 aliphatic rings. The van der Waals surface area contributed by atoms with Crippen LogP contribution in [0.5, 0.6) is 0 Å². The summed E-state index contributed by atoms with van der Waals surface area (Å²) in [5.74, 6) is 2.23. The van der Waals surface area contributed by atoms with Crippen LogP contribution in [0.1, 0.15) is 18.4 Å². The Labute approximate surface area is 102 Å². The zero-order chi connectivity index (χ0) is 11.8. The zero-order valence-electron chi connectivity index (χ0n) is 10.1. The first-order valence-corrected chi connectivity index (χ1v) is 6.41. The predicted octanol–water partition coefficient (Wildman–Crippen LogP) is 3.76. The molecule has 0 saturated heterocycles. The second-order valence-corrected chi connectivity index (χ2v) is 5.39. The van der Waals surface area contributed by atoms with E-state index < -0.39 is 0 Å². The summed E-state index contributed by atoms with van der Waals surface area (Å²) < 4.78 is 13.1. The minimum absolute atomic E-state index is 0.126. The van der Waals surface area contributed by atoms with Gasteiger partial charge >= 0.3 is 0 Å². The van der Waals surface area contributed by atoms with E-state index in [4.69, 9.17) is 0 Å². The van der Waals surface area contributed by atoms with Gasteiger partial charge in [0.15, 0.2) is 0 Å². The normalized spacial score (nSPS) is 29.9. The van der Waals surface area contributed by atoms with Gasteiger partial charge in [-0.25, -0.2) is 4.39 Å². The maximum absolute atomic E-state index is 13.1. The van der Waals surface area contributed by atoms with Crippen LogP contribution in [-0.2, 0) is 0 Å². The first kappa shape index (κ1) is 10.8. The van der Waals surface area contributed by atoms with E-state index in [0.29, 0.717) is 5.56 Å². The molecule has 1 saturated carbocycles. The van der Waals surface area contributed by atoms with Crippen LogP contribution in [0.2, 0.25) is 0 Å². The van der Waals surface area contributed by atoms with Crippen molar-refractivity contribution in [2.24, 2.45) is 17.8 Å². The van der Waals surface area contributed by atoms with E-state index >= 15 is 0 Å². The number of hydrogen-bond donors (Lipinski definition) is 1. The lowest BCUT2D eigenvalue weighted by Crippen LogP contribution is -2.18. The third-order valence-electron chi connectivity index (χ3n) is 4.14. The maximum Gasteiger partial charge on any atom is 0.126 e. The van der Waals surface area contributed by atoms with E-state index in [1.54, 1.807) is 13.0 Å². The number of rotatable bonds is 3. The van der Waals surface area contributed by atoms with Gasteiger partial charge in [-0.1, -0.05) is 12.2 Å². The highest BCUT2D eigenvalue weighted by molar-refractivity contribution is 5.46. The Balaban J connectivity index is 1.61. The fourth-order valence-electron chi connectivity index (χ4n) is 3.13. The van der Waals surface area contributed by atoms with Crippen molar-refractivity contribution in [1.82, 2.24) is 0 Å². The van der Waals surface area contributed by atoms with Gasteiger partial charge in [0.2, 0.25) is 0 Å². The Bertz CT molecular complexity index is 452. The van der Waals surface area contributed by atoms with Crippen LogP contribution in [0.4, 0.5) is 10.1 Å². The van der Waals surface area contributed by atoms with Gasteiger partial charge in [-0.2, -0.15) is 0 Å². The van der Waals surface area contributed by atoms with Crippen LogP contribution >= 0.6 is 0 Å². The SMILES string of the molecule is Cc1cc(NCC2CC3C=CC2C3)ccc1F. The van der Waals surface area contributed by atoms with Crippen molar-refractivity contribution in [2.75, 3.05) is 11.9 Å². The quantitative estimate of drug-likeness (QED) is 0.781. The minimum Gasteiger partial charge on any atom is -0.385 e. The lowest BCUT2D eigenvalue weighted by molar-refractivity contribution is 0.472. The summed E-state index contributed by atoms with van der Waals surface area (Å²) >= 11 is 0. The summed E-state index contributed by atoms with van der Waals surface area (Å²) in [6.07, 6.45) is 7.39. The molecule has 0 amide bonds. The van der Waals surface area contributed by atoms with Gasteiger partial charge in [0, 0.05) is 12.2 Å². The topological polar surface area (TPSA) is 12.0 Å². The first-order chi connectivity index (χ1) is 8.22. The lowest BCUT2D eigenvalue weighted by Gasteiger charge is -2.19. The van der Waals surface area contributed by atoms with Crippen molar-refractivity contribution < 1.29 is 4.39 Å². The fourth-order valence-corrected chi connectivity index (χ4v) is 3.13. The van der Waals surface area contributed by atoms with E-state index in [-0.39, 0.29) is 5.82 Å². The van der Waals surface area contributed by atoms with Gasteiger partial charge in [0.25, 0.3) is 0 Å². The van der Waals surface area contributed by atoms with Gasteiger partial charge in [-0.3, -0.25) is 0 Å². The molecule has 3 atom stereocenters. The first-order valence-electron chi connectivity index (χ1n) is 6.41. The average Bonchev–Trinajstić information content (AvgIpc) is 2.92. The van der Waals surface area contributed by atoms with Crippen LogP contribution in [-0.4, -0.2) is 6.54 Å². The minimum atomic E-state index is -0.126. The van der Waals surface area contributed by atoms with Crippen LogP contribution in [0.15, 0.2) is 30.4 Å². The molecule has 2 heteroatoms. The average molecular weight is 231 g/mol. The molecule has 0 aliphatic heterocycles. The van der Waals surface area contributed by atoms with E-state index in [1.165, 1.54) is 12.8 Å². The third-order valence-corrected chi connectivity index (χ3v) is 4.14. The molecule has 3 unspecified atom stereocenters. The smallest absolute Gasteiger partial charge is 0.126 e. The Kier molecular flexibility index (Phi) is 2.65. The fraction of sp³-hybridized carbons (Fsp3) is 0.467. The van der Waals surface area contributed by atoms with E-state index in [2.05, 4.69) is 17.5 Å². The largest absolute Gasteiger partial charge is 0.385 e. The number of anilines is 1. The Morgan fingerprint density at radius 2 is 2.18 bits per heavy atom. The monoisotopic (exact) mass is 231 g/mol. The summed E-state index contributed by atoms with van der Waals surface area (Å²) in [7, 11) is 0. The van der Waals surface area contributed by atoms with Crippen LogP contribution in [0, 0.1) is 30.5 Å². The van der Waals surface area contributed by atoms with Crippen molar-refractivity contribution in [3.8, 4) is 0 Å². The van der Waals surface area contributed by atoms with Crippen molar-refractivity contribution in [1.29, 1.82) is 0 Å². The number of benzene rings is 1. The molecule has 0 aromatic heterocycles. The molecule has 3 rings (SSSR count). The van der Waals surface area contributed by atoms with Crippen molar-refractivity contribution in [3.63, 3.8) is 0 Å². The van der Waals surface area contributed by atoms with Gasteiger partial charge in [0.05, 0.1) is 0 Å². The van der Waals surface area contributed by atoms with Crippen LogP contribution in [0.3, 0.4) is 0 Å². The lowest BCUT2D eigenvalue weighted by atomic mass is 9.93. The molecule has 0 heterocycles. The van der Waals surface area contributed by atoms with Gasteiger partial charge in [0.1, 0.15) is 5.82 Å². The molecular formula is C15H18FN. The molecule has 0 spiro atoms. The molecule has 1 nitrogen and oxygen atoms in total. The predicted molar refractivity (Wildman–Crippen MR) is 68.5 cm³/mol. The highest BCUT2D eigenvalue weighted by Gasteiger charge is 2.35. The summed E-state index contributed by atoms with van der Waals surface area (Å²) in [6.45, 7) is 2.82. The molecule has 1 N–H and O–H groups in total. The summed E-state index contributed by atoms with van der Waals surface area (Å²) in [6, 6.07) is 5.25. The van der Waals surface area contributed by atoms with Crippen LogP contribution < -0.4 is 5.32 Å². The van der Waals surface area contributed by atoms with E-state index in [9.17, 15) is 4.39 Å². The maximum atomic E-state index is 13.1. The summed E-state index contributed by atoms with van der Waals surface area (Å²) in [4.78, 5) is 0. The second-order valence-electron chi connectivity index (χ2n) is 5.39. The molecule has 1 aromatic carbocycles. The molecule has 2 aliphatic carbocycles. The van der Waals surface area contributed by atoms with Gasteiger partial charge in [-0.15, -0.1) is 0 Å². The Morgan fingerprint density at radius 3 is 2.82 bits per heavy atom. The highest BCUT2D eigenvalue weighted by atomic mass is 19.1. The zero-order valence-corrected chi connectivity index (χ0v) is 10.1. The molecule has 90 valence electrons. The van der Waals surface area contributed by atoms with E-state index in [0.717, 1.165) is 30.0 Å². The molecule has 17 heavy (non-hydrogen) atoms. The molecule has 1 aromatic rings. The third kappa shape index (κ3) is 2.08. The summed E-state index contributed by atoms with van der Waals surface area (Å²) in [5.41, 5.74) is 1.75. The number of halogens is 1. The van der Waals surface area contributed by atoms with Gasteiger partial charge in [-0.05, 0) is 61.3 Å². The second kappa shape index (κ2) is 4.17. The molecule has 1 fully saturated rings. The Hall–Kier alpha value is -1.31. The Morgan fingerprint density at radius 1 is 1.29 bits per heavy atom. The highest BCUT2D eigenvalue weighted by Crippen LogP contribution is 2.43. The van der Waals surface area contributed by atoms with E-state index in [1.807, 2.05) is 12.1 Å². The van der Waals surface area contributed by atoms with Crippen molar-refractivity contribution in [3.05, 3.63) is 41.7 Å². The standard InChI is InChI=1S/C15H18FN/c1-10-6-14(4-5-15(10)16)17-9-13-8-11-2-3-12(13)7-11/h2-6,11-13,17H,7-9H2,1H3. The molecule has 2 bridgehead atoms. The molecule has 0 radical (unpaired) electrons. The van der Waals surface area contributed by atoms with Crippen molar-refractivity contribution in [2.45, 2.75) is 19.8 Å².